The van der Waals surface area contributed by atoms with Crippen LogP contribution in [0.4, 0.5) is 0 Å². The van der Waals surface area contributed by atoms with E-state index in [1.54, 1.807) is 26.0 Å². The second-order valence-electron chi connectivity index (χ2n) is 10.5. The number of nitrogens with zero attached hydrogens (tertiary/aromatic N) is 1. The summed E-state index contributed by atoms with van der Waals surface area (Å²) < 4.78 is 13.9. The van der Waals surface area contributed by atoms with E-state index in [0.29, 0.717) is 5.69 Å². The number of fused-ring (bicyclic) bond motifs is 1. The lowest BCUT2D eigenvalue weighted by Gasteiger charge is -2.39. The van der Waals surface area contributed by atoms with Crippen molar-refractivity contribution in [2.45, 2.75) is 71.3 Å². The van der Waals surface area contributed by atoms with Gasteiger partial charge in [-0.15, -0.1) is 0 Å². The number of hydrogen-bond donors (Lipinski definition) is 3. The number of nitrogens with one attached hydrogen (secondary N) is 2. The largest absolute Gasteiger partial charge is 0.706 e. The zero-order valence-corrected chi connectivity index (χ0v) is 22.6. The van der Waals surface area contributed by atoms with Gasteiger partial charge in [0.15, 0.2) is 0 Å². The molecule has 208 valence electrons. The number of aliphatic hydroxyl groups excluding tert-OH is 1. The van der Waals surface area contributed by atoms with Crippen LogP contribution in [0.1, 0.15) is 51.5 Å². The van der Waals surface area contributed by atoms with Crippen molar-refractivity contribution >= 4 is 30.5 Å². The van der Waals surface area contributed by atoms with Crippen LogP contribution < -0.4 is 10.6 Å². The molecule has 11 nitrogen and oxygen atoms in total. The summed E-state index contributed by atoms with van der Waals surface area (Å²) in [6.07, 6.45) is -2.65. The predicted molar refractivity (Wildman–Crippen MR) is 142 cm³/mol. The van der Waals surface area contributed by atoms with Gasteiger partial charge >= 0.3 is 18.7 Å². The number of pyridine rings is 1. The molecule has 0 radical (unpaired) electrons. The second kappa shape index (κ2) is 11.2. The molecule has 2 saturated heterocycles. The van der Waals surface area contributed by atoms with Crippen LogP contribution in [0, 0.1) is 5.92 Å². The van der Waals surface area contributed by atoms with E-state index in [4.69, 9.17) is 9.31 Å². The van der Waals surface area contributed by atoms with Crippen LogP contribution in [0.5, 0.6) is 0 Å². The molecule has 1 unspecified atom stereocenters. The van der Waals surface area contributed by atoms with Crippen molar-refractivity contribution in [2.75, 3.05) is 0 Å². The molecule has 2 amide bonds. The van der Waals surface area contributed by atoms with E-state index in [9.17, 15) is 24.3 Å². The first-order valence-electron chi connectivity index (χ1n) is 13.1. The smallest absolute Gasteiger partial charge is 0.577 e. The van der Waals surface area contributed by atoms with Crippen molar-refractivity contribution in [3.05, 3.63) is 54.2 Å². The Kier molecular flexibility index (Phi) is 8.08. The second-order valence-corrected chi connectivity index (χ2v) is 10.5. The van der Waals surface area contributed by atoms with E-state index in [-0.39, 0.29) is 18.0 Å². The Morgan fingerprint density at radius 2 is 1.59 bits per heavy atom. The average Bonchev–Trinajstić information content (AvgIpc) is 3.30. The van der Waals surface area contributed by atoms with Crippen molar-refractivity contribution < 1.29 is 37.9 Å². The third-order valence-corrected chi connectivity index (χ3v) is 7.07. The van der Waals surface area contributed by atoms with E-state index in [1.807, 2.05) is 44.2 Å². The van der Waals surface area contributed by atoms with Crippen molar-refractivity contribution in [1.82, 2.24) is 15.6 Å². The molecule has 0 spiro atoms. The van der Waals surface area contributed by atoms with Crippen molar-refractivity contribution in [1.29, 1.82) is 0 Å². The minimum Gasteiger partial charge on any atom is -0.577 e. The fourth-order valence-corrected chi connectivity index (χ4v) is 5.16. The summed E-state index contributed by atoms with van der Waals surface area (Å²) in [6.45, 7) is 5.57. The Labute approximate surface area is 226 Å². The molecule has 3 N–H and O–H groups in total. The van der Waals surface area contributed by atoms with Crippen molar-refractivity contribution in [2.24, 2.45) is 5.92 Å². The summed E-state index contributed by atoms with van der Waals surface area (Å²) in [6, 6.07) is 12.9. The lowest BCUT2D eigenvalue weighted by molar-refractivity contribution is -0.154. The van der Waals surface area contributed by atoms with Gasteiger partial charge in [-0.2, -0.15) is 0 Å². The lowest BCUT2D eigenvalue weighted by atomic mass is 9.65. The topological polar surface area (TPSA) is 147 Å². The highest BCUT2D eigenvalue weighted by atomic mass is 16.9. The molecule has 39 heavy (non-hydrogen) atoms. The van der Waals surface area contributed by atoms with E-state index < -0.39 is 60.8 Å². The van der Waals surface area contributed by atoms with Crippen LogP contribution in [0.2, 0.25) is 0 Å². The normalized spacial score (nSPS) is 24.9. The molecule has 1 aromatic heterocycles. The highest BCUT2D eigenvalue weighted by Crippen LogP contribution is 2.42. The van der Waals surface area contributed by atoms with Crippen LogP contribution in [-0.2, 0) is 28.0 Å². The molecule has 6 atom stereocenters. The quantitative estimate of drug-likeness (QED) is 0.322. The maximum absolute atomic E-state index is 13.5. The number of carbonyl (C=O) groups is 4. The molecular formula is C27H34BN3O8. The summed E-state index contributed by atoms with van der Waals surface area (Å²) in [4.78, 5) is 56.0. The number of amides is 2. The molecule has 1 aromatic carbocycles. The summed E-state index contributed by atoms with van der Waals surface area (Å²) in [5.74, 6) is -3.51. The minimum absolute atomic E-state index is 0.00253. The van der Waals surface area contributed by atoms with Crippen LogP contribution in [-0.4, -0.2) is 70.9 Å². The zero-order chi connectivity index (χ0) is 28.5. The Morgan fingerprint density at radius 3 is 2.15 bits per heavy atom. The molecule has 12 heteroatoms. The first-order valence-corrected chi connectivity index (χ1v) is 13.1. The monoisotopic (exact) mass is 539 g/mol. The molecule has 2 aliphatic rings. The van der Waals surface area contributed by atoms with E-state index in [1.165, 1.54) is 13.0 Å². The highest BCUT2D eigenvalue weighted by Gasteiger charge is 2.72. The van der Waals surface area contributed by atoms with Crippen LogP contribution in [0.15, 0.2) is 48.5 Å². The summed E-state index contributed by atoms with van der Waals surface area (Å²) in [5.41, 5.74) is 1.46. The van der Waals surface area contributed by atoms with Gasteiger partial charge in [0.1, 0.15) is 11.7 Å². The zero-order valence-electron chi connectivity index (χ0n) is 22.6. The Morgan fingerprint density at radius 1 is 0.974 bits per heavy atom. The van der Waals surface area contributed by atoms with Gasteiger partial charge in [0.05, 0.1) is 17.7 Å². The Hall–Kier alpha value is -3.77. The van der Waals surface area contributed by atoms with Gasteiger partial charge in [0.25, 0.3) is 5.91 Å². The number of rotatable bonds is 9. The third-order valence-electron chi connectivity index (χ3n) is 7.07. The van der Waals surface area contributed by atoms with Gasteiger partial charge in [0, 0.05) is 19.4 Å². The SMILES string of the molecule is CC(C)C[C@H](NC(=O)[C@@H](NC(=O)c1cccc(-c2ccccc2)n1)[C@@H](C)O)[B-]12OC(=O)[C@@H](C)[O+]1[C@@H](C)C(=O)O2. The fourth-order valence-electron chi connectivity index (χ4n) is 5.16. The maximum Gasteiger partial charge on any atom is 0.706 e. The van der Waals surface area contributed by atoms with Crippen molar-refractivity contribution in [3.63, 3.8) is 0 Å². The first-order chi connectivity index (χ1) is 18.4. The van der Waals surface area contributed by atoms with Crippen LogP contribution in [0.25, 0.3) is 11.3 Å². The van der Waals surface area contributed by atoms with Gasteiger partial charge in [-0.1, -0.05) is 50.2 Å². The molecule has 0 bridgehead atoms. The fraction of sp³-hybridized carbons (Fsp3) is 0.444. The highest BCUT2D eigenvalue weighted by molar-refractivity contribution is 6.70. The van der Waals surface area contributed by atoms with Gasteiger partial charge in [-0.05, 0) is 31.4 Å². The third kappa shape index (κ3) is 5.53. The summed E-state index contributed by atoms with van der Waals surface area (Å²) >= 11 is 0. The molecule has 0 aliphatic carbocycles. The first kappa shape index (κ1) is 28.2. The van der Waals surface area contributed by atoms with Gasteiger partial charge in [-0.3, -0.25) is 9.59 Å². The molecule has 2 aliphatic heterocycles. The van der Waals surface area contributed by atoms with E-state index in [2.05, 4.69) is 19.9 Å². The molecule has 0 saturated carbocycles. The number of carbonyl (C=O) groups excluding carboxylic acids is 4. The molecule has 2 aromatic rings. The maximum atomic E-state index is 13.5. The summed E-state index contributed by atoms with van der Waals surface area (Å²) in [7, 11) is 0. The van der Waals surface area contributed by atoms with Gasteiger partial charge in [-0.25, -0.2) is 14.6 Å². The number of hydrogen-bond acceptors (Lipinski definition) is 8. The van der Waals surface area contributed by atoms with Crippen LogP contribution >= 0.6 is 0 Å². The standard InChI is InChI=1S/C27H34BN3O8/c1-15(2)14-22(28-37-26(35)17(4)39(28)18(5)27(36)38-28)30-25(34)23(16(3)32)31-24(33)21-13-9-12-20(29-21)19-10-7-6-8-11-19/h6-13,15-18,22-23,32H,14H2,1-5H3,(H,30,34)(H,31,33)/t16-,17-,18+,22+,23+,28?/m1/s1. The van der Waals surface area contributed by atoms with Crippen molar-refractivity contribution in [3.8, 4) is 11.3 Å². The van der Waals surface area contributed by atoms with Gasteiger partial charge < -0.3 is 29.3 Å². The summed E-state index contributed by atoms with van der Waals surface area (Å²) in [5, 5.41) is 15.8. The minimum atomic E-state index is -2.77. The average molecular weight is 539 g/mol. The molecule has 3 heterocycles. The number of benzene rings is 1. The lowest BCUT2D eigenvalue weighted by Crippen LogP contribution is -2.65. The number of aliphatic hydroxyl groups is 1. The van der Waals surface area contributed by atoms with E-state index in [0.717, 1.165) is 5.56 Å². The van der Waals surface area contributed by atoms with E-state index >= 15 is 0 Å². The van der Waals surface area contributed by atoms with Crippen LogP contribution in [0.3, 0.4) is 0 Å². The molecule has 2 fully saturated rings. The Balaban J connectivity index is 1.57. The van der Waals surface area contributed by atoms with Gasteiger partial charge in [0.2, 0.25) is 18.1 Å². The number of aromatic nitrogens is 1. The molecular weight excluding hydrogens is 505 g/mol. The predicted octanol–water partition coefficient (Wildman–Crippen LogP) is 1.68. The molecule has 4 rings (SSSR count). The Bertz CT molecular complexity index is 1230.